The third kappa shape index (κ3) is 5.82. The van der Waals surface area contributed by atoms with E-state index in [2.05, 4.69) is 10.9 Å². The molecule has 1 heterocycles. The van der Waals surface area contributed by atoms with Crippen molar-refractivity contribution >= 4 is 41.0 Å². The molecule has 1 fully saturated rings. The maximum absolute atomic E-state index is 12.3. The highest BCUT2D eigenvalue weighted by Gasteiger charge is 2.36. The molecular formula is C22H22ClN3O5. The van der Waals surface area contributed by atoms with Gasteiger partial charge in [0.2, 0.25) is 5.91 Å². The van der Waals surface area contributed by atoms with Gasteiger partial charge in [0, 0.05) is 29.2 Å². The number of rotatable bonds is 6. The number of esters is 1. The Hall–Kier alpha value is -3.39. The molecule has 0 spiro atoms. The van der Waals surface area contributed by atoms with E-state index in [1.807, 2.05) is 31.2 Å². The lowest BCUT2D eigenvalue weighted by Crippen LogP contribution is -2.43. The number of ether oxygens (including phenoxy) is 1. The van der Waals surface area contributed by atoms with E-state index in [0.717, 1.165) is 17.7 Å². The number of halogens is 1. The number of nitrogens with one attached hydrogen (secondary N) is 2. The zero-order valence-electron chi connectivity index (χ0n) is 16.9. The smallest absolute Gasteiger partial charge is 0.311 e. The summed E-state index contributed by atoms with van der Waals surface area (Å²) >= 11 is 5.76. The highest BCUT2D eigenvalue weighted by molar-refractivity contribution is 6.30. The van der Waals surface area contributed by atoms with Crippen molar-refractivity contribution < 1.29 is 23.9 Å². The van der Waals surface area contributed by atoms with Crippen molar-refractivity contribution in [2.45, 2.75) is 19.8 Å². The molecule has 0 bridgehead atoms. The monoisotopic (exact) mass is 443 g/mol. The molecule has 9 heteroatoms. The Balaban J connectivity index is 1.44. The fraction of sp³-hybridized carbons (Fsp3) is 0.273. The van der Waals surface area contributed by atoms with Gasteiger partial charge in [0.05, 0.1) is 5.92 Å². The molecule has 0 saturated carbocycles. The molecule has 1 aliphatic heterocycles. The lowest BCUT2D eigenvalue weighted by atomic mass is 10.1. The second-order valence-corrected chi connectivity index (χ2v) is 7.48. The summed E-state index contributed by atoms with van der Waals surface area (Å²) in [6.07, 6.45) is 0.911. The van der Waals surface area contributed by atoms with Crippen molar-refractivity contribution in [2.24, 2.45) is 5.92 Å². The average Bonchev–Trinajstić information content (AvgIpc) is 3.18. The van der Waals surface area contributed by atoms with Gasteiger partial charge in [-0.2, -0.15) is 0 Å². The number of hydrazine groups is 1. The topological polar surface area (TPSA) is 105 Å². The molecule has 2 aromatic rings. The molecule has 162 valence electrons. The Labute approximate surface area is 184 Å². The van der Waals surface area contributed by atoms with Gasteiger partial charge in [-0.3, -0.25) is 30.0 Å². The van der Waals surface area contributed by atoms with Crippen LogP contribution < -0.4 is 15.8 Å². The predicted octanol–water partition coefficient (Wildman–Crippen LogP) is 2.26. The van der Waals surface area contributed by atoms with Crippen LogP contribution in [-0.2, 0) is 25.5 Å². The summed E-state index contributed by atoms with van der Waals surface area (Å²) < 4.78 is 5.01. The van der Waals surface area contributed by atoms with Crippen LogP contribution in [0.15, 0.2) is 48.5 Å². The van der Waals surface area contributed by atoms with E-state index >= 15 is 0 Å². The first kappa shape index (κ1) is 22.3. The second-order valence-electron chi connectivity index (χ2n) is 7.04. The van der Waals surface area contributed by atoms with Gasteiger partial charge < -0.3 is 9.64 Å². The van der Waals surface area contributed by atoms with Crippen LogP contribution in [-0.4, -0.2) is 36.8 Å². The third-order valence-corrected chi connectivity index (χ3v) is 5.13. The van der Waals surface area contributed by atoms with Crippen molar-refractivity contribution in [1.82, 2.24) is 10.9 Å². The molecule has 8 nitrogen and oxygen atoms in total. The molecule has 1 atom stereocenters. The van der Waals surface area contributed by atoms with E-state index < -0.39 is 30.3 Å². The first-order chi connectivity index (χ1) is 14.9. The van der Waals surface area contributed by atoms with Gasteiger partial charge in [0.15, 0.2) is 6.61 Å². The Morgan fingerprint density at radius 1 is 1.06 bits per heavy atom. The summed E-state index contributed by atoms with van der Waals surface area (Å²) in [5, 5.41) is 0.481. The van der Waals surface area contributed by atoms with Crippen molar-refractivity contribution in [1.29, 1.82) is 0 Å². The van der Waals surface area contributed by atoms with Crippen LogP contribution in [0.5, 0.6) is 0 Å². The number of carbonyl (C=O) groups is 4. The third-order valence-electron chi connectivity index (χ3n) is 4.88. The second kappa shape index (κ2) is 10.1. The number of anilines is 1. The first-order valence-electron chi connectivity index (χ1n) is 9.78. The van der Waals surface area contributed by atoms with Crippen molar-refractivity contribution in [3.63, 3.8) is 0 Å². The van der Waals surface area contributed by atoms with Gasteiger partial charge in [-0.05, 0) is 48.4 Å². The molecule has 0 radical (unpaired) electrons. The molecule has 0 aliphatic carbocycles. The molecule has 2 N–H and O–H groups in total. The van der Waals surface area contributed by atoms with E-state index in [-0.39, 0.29) is 18.9 Å². The predicted molar refractivity (Wildman–Crippen MR) is 114 cm³/mol. The maximum Gasteiger partial charge on any atom is 0.311 e. The normalized spacial score (nSPS) is 15.5. The van der Waals surface area contributed by atoms with Crippen molar-refractivity contribution in [2.75, 3.05) is 18.1 Å². The molecule has 1 saturated heterocycles. The Bertz CT molecular complexity index is 976. The lowest BCUT2D eigenvalue weighted by molar-refractivity contribution is -0.152. The van der Waals surface area contributed by atoms with Gasteiger partial charge in [-0.25, -0.2) is 0 Å². The summed E-state index contributed by atoms with van der Waals surface area (Å²) in [7, 11) is 0. The Morgan fingerprint density at radius 3 is 2.39 bits per heavy atom. The van der Waals surface area contributed by atoms with E-state index in [0.29, 0.717) is 10.6 Å². The van der Waals surface area contributed by atoms with Crippen LogP contribution in [0.25, 0.3) is 0 Å². The standard InChI is InChI=1S/C22H22ClN3O5/c1-2-14-3-9-18(10-4-14)26-12-16(11-20(26)28)22(30)31-13-19(27)24-25-21(29)15-5-7-17(23)8-6-15/h3-10,16H,2,11-13H2,1H3,(H,24,27)(H,25,29)/t16-/m1/s1. The lowest BCUT2D eigenvalue weighted by Gasteiger charge is -2.17. The fourth-order valence-electron chi connectivity index (χ4n) is 3.12. The quantitative estimate of drug-likeness (QED) is 0.526. The van der Waals surface area contributed by atoms with Crippen LogP contribution in [0.2, 0.25) is 5.02 Å². The van der Waals surface area contributed by atoms with Gasteiger partial charge in [-0.15, -0.1) is 0 Å². The number of carbonyl (C=O) groups excluding carboxylic acids is 4. The molecule has 3 rings (SSSR count). The SMILES string of the molecule is CCc1ccc(N2C[C@H](C(=O)OCC(=O)NNC(=O)c3ccc(Cl)cc3)CC2=O)cc1. The summed E-state index contributed by atoms with van der Waals surface area (Å²) in [6, 6.07) is 13.7. The van der Waals surface area contributed by atoms with E-state index in [9.17, 15) is 19.2 Å². The first-order valence-corrected chi connectivity index (χ1v) is 10.2. The summed E-state index contributed by atoms with van der Waals surface area (Å²) in [5.74, 6) is -2.71. The molecule has 1 aliphatic rings. The minimum absolute atomic E-state index is 0.0171. The number of hydrogen-bond acceptors (Lipinski definition) is 5. The highest BCUT2D eigenvalue weighted by Crippen LogP contribution is 2.26. The van der Waals surface area contributed by atoms with Crippen LogP contribution in [0, 0.1) is 5.92 Å². The van der Waals surface area contributed by atoms with Gasteiger partial charge in [0.1, 0.15) is 0 Å². The summed E-state index contributed by atoms with van der Waals surface area (Å²) in [5.41, 5.74) is 6.57. The van der Waals surface area contributed by atoms with Gasteiger partial charge >= 0.3 is 5.97 Å². The van der Waals surface area contributed by atoms with Gasteiger partial charge in [0.25, 0.3) is 11.8 Å². The zero-order valence-corrected chi connectivity index (χ0v) is 17.6. The molecule has 3 amide bonds. The molecular weight excluding hydrogens is 422 g/mol. The molecule has 0 unspecified atom stereocenters. The average molecular weight is 444 g/mol. The Kier molecular flexibility index (Phi) is 7.25. The maximum atomic E-state index is 12.3. The summed E-state index contributed by atoms with van der Waals surface area (Å²) in [4.78, 5) is 49.9. The fourth-order valence-corrected chi connectivity index (χ4v) is 3.24. The number of amides is 3. The van der Waals surface area contributed by atoms with Crippen LogP contribution >= 0.6 is 11.6 Å². The number of hydrogen-bond donors (Lipinski definition) is 2. The largest absolute Gasteiger partial charge is 0.455 e. The summed E-state index contributed by atoms with van der Waals surface area (Å²) in [6.45, 7) is 1.66. The van der Waals surface area contributed by atoms with Crippen molar-refractivity contribution in [3.05, 3.63) is 64.7 Å². The van der Waals surface area contributed by atoms with E-state index in [4.69, 9.17) is 16.3 Å². The Morgan fingerprint density at radius 2 is 1.74 bits per heavy atom. The molecule has 2 aromatic carbocycles. The zero-order chi connectivity index (χ0) is 22.4. The molecule has 0 aromatic heterocycles. The van der Waals surface area contributed by atoms with E-state index in [1.165, 1.54) is 17.0 Å². The minimum atomic E-state index is -0.702. The van der Waals surface area contributed by atoms with E-state index in [1.54, 1.807) is 12.1 Å². The molecule has 31 heavy (non-hydrogen) atoms. The minimum Gasteiger partial charge on any atom is -0.455 e. The van der Waals surface area contributed by atoms with Crippen LogP contribution in [0.1, 0.15) is 29.3 Å². The number of aryl methyl sites for hydroxylation is 1. The number of nitrogens with zero attached hydrogens (tertiary/aromatic N) is 1. The van der Waals surface area contributed by atoms with Gasteiger partial charge in [-0.1, -0.05) is 30.7 Å². The van der Waals surface area contributed by atoms with Crippen LogP contribution in [0.3, 0.4) is 0 Å². The van der Waals surface area contributed by atoms with Crippen LogP contribution in [0.4, 0.5) is 5.69 Å². The van der Waals surface area contributed by atoms with Crippen molar-refractivity contribution in [3.8, 4) is 0 Å². The number of benzene rings is 2. The highest BCUT2D eigenvalue weighted by atomic mass is 35.5.